The number of carbonyl (C=O) groups excluding carboxylic acids is 1. The van der Waals surface area contributed by atoms with Gasteiger partial charge in [0.25, 0.3) is 0 Å². The summed E-state index contributed by atoms with van der Waals surface area (Å²) >= 11 is 0. The summed E-state index contributed by atoms with van der Waals surface area (Å²) in [4.78, 5) is 11.0. The highest BCUT2D eigenvalue weighted by Gasteiger charge is 2.12. The normalized spacial score (nSPS) is 12.5. The number of hydrogen-bond acceptors (Lipinski definition) is 4. The molecule has 0 amide bonds. The fraction of sp³-hybridized carbons (Fsp3) is 0.900. The summed E-state index contributed by atoms with van der Waals surface area (Å²) in [5.41, 5.74) is 0. The van der Waals surface area contributed by atoms with Crippen molar-refractivity contribution in [3.05, 3.63) is 0 Å². The van der Waals surface area contributed by atoms with Crippen LogP contribution in [0.15, 0.2) is 0 Å². The van der Waals surface area contributed by atoms with Gasteiger partial charge in [-0.3, -0.25) is 0 Å². The van der Waals surface area contributed by atoms with Gasteiger partial charge in [0, 0.05) is 6.61 Å². The first-order chi connectivity index (χ1) is 6.72. The van der Waals surface area contributed by atoms with Crippen LogP contribution in [-0.2, 0) is 9.53 Å². The van der Waals surface area contributed by atoms with Gasteiger partial charge in [0.05, 0.1) is 6.61 Å². The number of hydrogen-bond donors (Lipinski definition) is 2. The summed E-state index contributed by atoms with van der Waals surface area (Å²) in [5, 5.41) is 17.6. The molecule has 0 aliphatic carbocycles. The van der Waals surface area contributed by atoms with E-state index in [9.17, 15) is 4.79 Å². The maximum Gasteiger partial charge on any atom is 0.334 e. The Hall–Kier alpha value is -0.610. The van der Waals surface area contributed by atoms with E-state index in [1.807, 2.05) is 0 Å². The van der Waals surface area contributed by atoms with Crippen LogP contribution < -0.4 is 0 Å². The van der Waals surface area contributed by atoms with Crippen molar-refractivity contribution in [2.45, 2.75) is 45.1 Å². The summed E-state index contributed by atoms with van der Waals surface area (Å²) in [6.45, 7) is 2.31. The lowest BCUT2D eigenvalue weighted by Crippen LogP contribution is -2.22. The number of ether oxygens (including phenoxy) is 1. The molecule has 84 valence electrons. The molecule has 1 unspecified atom stereocenters. The van der Waals surface area contributed by atoms with Crippen LogP contribution in [-0.4, -0.2) is 35.5 Å². The minimum absolute atomic E-state index is 0.217. The number of unbranched alkanes of at least 4 members (excludes halogenated alkanes) is 3. The second-order valence-corrected chi connectivity index (χ2v) is 3.23. The van der Waals surface area contributed by atoms with E-state index >= 15 is 0 Å². The van der Waals surface area contributed by atoms with Gasteiger partial charge in [0.1, 0.15) is 0 Å². The van der Waals surface area contributed by atoms with Gasteiger partial charge in [-0.2, -0.15) is 0 Å². The minimum atomic E-state index is -0.979. The van der Waals surface area contributed by atoms with Crippen LogP contribution in [0.25, 0.3) is 0 Å². The standard InChI is InChI=1S/C10H20O4/c1-2-9(12)10(13)14-8-6-4-3-5-7-11/h9,11-12H,2-8H2,1H3. The second kappa shape index (κ2) is 8.97. The van der Waals surface area contributed by atoms with Crippen LogP contribution in [0.5, 0.6) is 0 Å². The molecule has 0 aromatic rings. The Bertz CT molecular complexity index is 147. The van der Waals surface area contributed by atoms with Gasteiger partial charge in [-0.05, 0) is 25.7 Å². The van der Waals surface area contributed by atoms with Gasteiger partial charge in [0.15, 0.2) is 6.10 Å². The molecule has 0 radical (unpaired) electrons. The predicted octanol–water partition coefficient (Wildman–Crippen LogP) is 0.853. The van der Waals surface area contributed by atoms with Crippen LogP contribution in [0.1, 0.15) is 39.0 Å². The van der Waals surface area contributed by atoms with Gasteiger partial charge >= 0.3 is 5.97 Å². The molecule has 0 spiro atoms. The third kappa shape index (κ3) is 6.86. The van der Waals surface area contributed by atoms with Crippen LogP contribution in [0.2, 0.25) is 0 Å². The van der Waals surface area contributed by atoms with Crippen molar-refractivity contribution in [1.29, 1.82) is 0 Å². The Balaban J connectivity index is 3.23. The molecule has 0 saturated carbocycles. The van der Waals surface area contributed by atoms with Crippen molar-refractivity contribution in [3.8, 4) is 0 Å². The fourth-order valence-electron chi connectivity index (χ4n) is 1.00. The highest BCUT2D eigenvalue weighted by molar-refractivity contribution is 5.74. The average molecular weight is 204 g/mol. The van der Waals surface area contributed by atoms with E-state index in [2.05, 4.69) is 0 Å². The van der Waals surface area contributed by atoms with Crippen molar-refractivity contribution in [2.24, 2.45) is 0 Å². The summed E-state index contributed by atoms with van der Waals surface area (Å²) in [7, 11) is 0. The van der Waals surface area contributed by atoms with Gasteiger partial charge < -0.3 is 14.9 Å². The van der Waals surface area contributed by atoms with E-state index in [0.29, 0.717) is 13.0 Å². The van der Waals surface area contributed by atoms with Gasteiger partial charge in [-0.15, -0.1) is 0 Å². The molecule has 14 heavy (non-hydrogen) atoms. The molecule has 1 atom stereocenters. The smallest absolute Gasteiger partial charge is 0.334 e. The van der Waals surface area contributed by atoms with E-state index in [-0.39, 0.29) is 6.61 Å². The Morgan fingerprint density at radius 1 is 1.29 bits per heavy atom. The zero-order chi connectivity index (χ0) is 10.8. The third-order valence-electron chi connectivity index (χ3n) is 1.96. The molecule has 4 nitrogen and oxygen atoms in total. The first-order valence-corrected chi connectivity index (χ1v) is 5.18. The molecular formula is C10H20O4. The maximum absolute atomic E-state index is 11.0. The van der Waals surface area contributed by atoms with E-state index in [1.165, 1.54) is 0 Å². The topological polar surface area (TPSA) is 66.8 Å². The molecule has 0 aliphatic rings. The lowest BCUT2D eigenvalue weighted by molar-refractivity contribution is -0.153. The molecule has 0 bridgehead atoms. The summed E-state index contributed by atoms with van der Waals surface area (Å²) in [6.07, 6.45) is 2.89. The largest absolute Gasteiger partial charge is 0.464 e. The quantitative estimate of drug-likeness (QED) is 0.454. The average Bonchev–Trinajstić information content (AvgIpc) is 2.21. The van der Waals surface area contributed by atoms with Gasteiger partial charge in [0.2, 0.25) is 0 Å². The number of rotatable bonds is 8. The zero-order valence-corrected chi connectivity index (χ0v) is 8.74. The Labute approximate surface area is 84.9 Å². The lowest BCUT2D eigenvalue weighted by Gasteiger charge is -2.07. The van der Waals surface area contributed by atoms with Crippen LogP contribution >= 0.6 is 0 Å². The Morgan fingerprint density at radius 3 is 2.50 bits per heavy atom. The van der Waals surface area contributed by atoms with Crippen molar-refractivity contribution >= 4 is 5.97 Å². The predicted molar refractivity (Wildman–Crippen MR) is 52.8 cm³/mol. The van der Waals surface area contributed by atoms with Crippen molar-refractivity contribution < 1.29 is 19.7 Å². The summed E-state index contributed by atoms with van der Waals surface area (Å²) in [5.74, 6) is -0.533. The SMILES string of the molecule is CCC(O)C(=O)OCCCCCCO. The highest BCUT2D eigenvalue weighted by Crippen LogP contribution is 2.01. The molecule has 0 aromatic carbocycles. The number of aliphatic hydroxyl groups excluding tert-OH is 2. The first kappa shape index (κ1) is 13.4. The second-order valence-electron chi connectivity index (χ2n) is 3.23. The molecule has 2 N–H and O–H groups in total. The molecule has 0 aromatic heterocycles. The summed E-state index contributed by atoms with van der Waals surface area (Å²) < 4.78 is 4.82. The molecule has 4 heteroatoms. The number of carbonyl (C=O) groups is 1. The molecule has 0 rings (SSSR count). The number of esters is 1. The monoisotopic (exact) mass is 204 g/mol. The van der Waals surface area contributed by atoms with Gasteiger partial charge in [-0.25, -0.2) is 4.79 Å². The first-order valence-electron chi connectivity index (χ1n) is 5.18. The van der Waals surface area contributed by atoms with E-state index in [4.69, 9.17) is 14.9 Å². The fourth-order valence-corrected chi connectivity index (χ4v) is 1.00. The molecule has 0 saturated heterocycles. The number of aliphatic hydroxyl groups is 2. The van der Waals surface area contributed by atoms with Crippen LogP contribution in [0.3, 0.4) is 0 Å². The molecule has 0 fully saturated rings. The molecular weight excluding hydrogens is 184 g/mol. The lowest BCUT2D eigenvalue weighted by atomic mass is 10.2. The van der Waals surface area contributed by atoms with Crippen LogP contribution in [0, 0.1) is 0 Å². The Morgan fingerprint density at radius 2 is 1.93 bits per heavy atom. The van der Waals surface area contributed by atoms with Crippen molar-refractivity contribution in [1.82, 2.24) is 0 Å². The zero-order valence-electron chi connectivity index (χ0n) is 8.74. The molecule has 0 heterocycles. The Kier molecular flexibility index (Phi) is 8.57. The minimum Gasteiger partial charge on any atom is -0.464 e. The maximum atomic E-state index is 11.0. The summed E-state index contributed by atoms with van der Waals surface area (Å²) in [6, 6.07) is 0. The van der Waals surface area contributed by atoms with Crippen LogP contribution in [0.4, 0.5) is 0 Å². The van der Waals surface area contributed by atoms with Crippen molar-refractivity contribution in [2.75, 3.05) is 13.2 Å². The van der Waals surface area contributed by atoms with E-state index in [0.717, 1.165) is 25.7 Å². The molecule has 0 aliphatic heterocycles. The highest BCUT2D eigenvalue weighted by atomic mass is 16.5. The van der Waals surface area contributed by atoms with E-state index < -0.39 is 12.1 Å². The van der Waals surface area contributed by atoms with Crippen molar-refractivity contribution in [3.63, 3.8) is 0 Å². The van der Waals surface area contributed by atoms with E-state index in [1.54, 1.807) is 6.92 Å². The van der Waals surface area contributed by atoms with Gasteiger partial charge in [-0.1, -0.05) is 13.3 Å². The third-order valence-corrected chi connectivity index (χ3v) is 1.96.